The van der Waals surface area contributed by atoms with Gasteiger partial charge in [0.05, 0.1) is 12.3 Å². The lowest BCUT2D eigenvalue weighted by molar-refractivity contribution is 0.114. The van der Waals surface area contributed by atoms with Gasteiger partial charge in [-0.3, -0.25) is 0 Å². The van der Waals surface area contributed by atoms with E-state index in [1.54, 1.807) is 6.20 Å². The first-order valence-corrected chi connectivity index (χ1v) is 7.49. The average Bonchev–Trinajstić information content (AvgIpc) is 2.83. The summed E-state index contributed by atoms with van der Waals surface area (Å²) in [6.45, 7) is 1.56. The lowest BCUT2D eigenvalue weighted by Crippen LogP contribution is -2.35. The van der Waals surface area contributed by atoms with Crippen LogP contribution < -0.4 is 10.6 Å². The SMILES string of the molecule is S=C(NC[C@@H]1CCCO1)Nc1ncc(Br)nc1Br. The van der Waals surface area contributed by atoms with Crippen molar-refractivity contribution in [3.8, 4) is 0 Å². The van der Waals surface area contributed by atoms with Gasteiger partial charge in [-0.25, -0.2) is 9.97 Å². The van der Waals surface area contributed by atoms with Crippen LogP contribution in [0.3, 0.4) is 0 Å². The van der Waals surface area contributed by atoms with Crippen LogP contribution in [0.5, 0.6) is 0 Å². The van der Waals surface area contributed by atoms with E-state index in [4.69, 9.17) is 17.0 Å². The van der Waals surface area contributed by atoms with Crippen molar-refractivity contribution in [2.24, 2.45) is 0 Å². The lowest BCUT2D eigenvalue weighted by atomic mass is 10.2. The van der Waals surface area contributed by atoms with E-state index in [0.717, 1.165) is 19.4 Å². The maximum Gasteiger partial charge on any atom is 0.172 e. The van der Waals surface area contributed by atoms with Crippen molar-refractivity contribution in [3.05, 3.63) is 15.4 Å². The van der Waals surface area contributed by atoms with Gasteiger partial charge < -0.3 is 15.4 Å². The molecule has 0 radical (unpaired) electrons. The molecule has 98 valence electrons. The highest BCUT2D eigenvalue weighted by Gasteiger charge is 2.15. The van der Waals surface area contributed by atoms with Gasteiger partial charge in [0.15, 0.2) is 10.9 Å². The molecule has 2 rings (SSSR count). The molecule has 0 spiro atoms. The Balaban J connectivity index is 1.82. The van der Waals surface area contributed by atoms with E-state index in [0.29, 0.717) is 26.7 Å². The Morgan fingerprint density at radius 1 is 1.56 bits per heavy atom. The van der Waals surface area contributed by atoms with Gasteiger partial charge >= 0.3 is 0 Å². The quantitative estimate of drug-likeness (QED) is 0.766. The molecule has 1 aliphatic rings. The molecule has 8 heteroatoms. The minimum absolute atomic E-state index is 0.254. The Morgan fingerprint density at radius 2 is 2.39 bits per heavy atom. The van der Waals surface area contributed by atoms with Gasteiger partial charge in [-0.2, -0.15) is 0 Å². The number of ether oxygens (including phenoxy) is 1. The Labute approximate surface area is 127 Å². The molecule has 0 unspecified atom stereocenters. The van der Waals surface area contributed by atoms with Gasteiger partial charge in [-0.1, -0.05) is 0 Å². The van der Waals surface area contributed by atoms with Gasteiger partial charge in [0, 0.05) is 13.2 Å². The molecule has 1 aromatic heterocycles. The highest BCUT2D eigenvalue weighted by Crippen LogP contribution is 2.19. The average molecular weight is 396 g/mol. The molecule has 0 amide bonds. The summed E-state index contributed by atoms with van der Waals surface area (Å²) < 4.78 is 6.77. The molecule has 18 heavy (non-hydrogen) atoms. The second kappa shape index (κ2) is 6.74. The van der Waals surface area contributed by atoms with Gasteiger partial charge in [0.25, 0.3) is 0 Å². The number of thiocarbonyl (C=S) groups is 1. The smallest absolute Gasteiger partial charge is 0.172 e. The summed E-state index contributed by atoms with van der Waals surface area (Å²) in [6, 6.07) is 0. The zero-order chi connectivity index (χ0) is 13.0. The predicted octanol–water partition coefficient (Wildman–Crippen LogP) is 2.47. The van der Waals surface area contributed by atoms with E-state index < -0.39 is 0 Å². The van der Waals surface area contributed by atoms with Gasteiger partial charge in [-0.05, 0) is 56.9 Å². The van der Waals surface area contributed by atoms with Crippen LogP contribution in [0.25, 0.3) is 0 Å². The maximum atomic E-state index is 5.50. The zero-order valence-corrected chi connectivity index (χ0v) is 13.4. The molecule has 0 saturated carbocycles. The number of rotatable bonds is 3. The number of nitrogens with one attached hydrogen (secondary N) is 2. The molecule has 1 atom stereocenters. The van der Waals surface area contributed by atoms with E-state index in [2.05, 4.69) is 52.5 Å². The van der Waals surface area contributed by atoms with E-state index in [1.165, 1.54) is 0 Å². The van der Waals surface area contributed by atoms with Crippen molar-refractivity contribution in [3.63, 3.8) is 0 Å². The Morgan fingerprint density at radius 3 is 3.06 bits per heavy atom. The molecule has 0 bridgehead atoms. The summed E-state index contributed by atoms with van der Waals surface area (Å²) in [7, 11) is 0. The summed E-state index contributed by atoms with van der Waals surface area (Å²) in [6.07, 6.45) is 4.06. The largest absolute Gasteiger partial charge is 0.376 e. The third kappa shape index (κ3) is 4.11. The molecule has 2 N–H and O–H groups in total. The van der Waals surface area contributed by atoms with E-state index >= 15 is 0 Å². The number of nitrogens with zero attached hydrogens (tertiary/aromatic N) is 2. The van der Waals surface area contributed by atoms with Crippen LogP contribution in [0.15, 0.2) is 15.4 Å². The number of halogens is 2. The highest BCUT2D eigenvalue weighted by molar-refractivity contribution is 9.11. The monoisotopic (exact) mass is 394 g/mol. The summed E-state index contributed by atoms with van der Waals surface area (Å²) in [5, 5.41) is 6.61. The first kappa shape index (κ1) is 14.1. The lowest BCUT2D eigenvalue weighted by Gasteiger charge is -2.13. The summed E-state index contributed by atoms with van der Waals surface area (Å²) >= 11 is 11.7. The standard InChI is InChI=1S/C10H12Br2N4OS/c11-7-5-13-9(8(12)15-7)16-10(18)14-4-6-2-1-3-17-6/h5-6H,1-4H2,(H2,13,14,16,18)/t6-/m0/s1. The topological polar surface area (TPSA) is 59.1 Å². The van der Waals surface area contributed by atoms with E-state index in [-0.39, 0.29) is 6.10 Å². The number of hydrogen-bond acceptors (Lipinski definition) is 4. The molecule has 2 heterocycles. The second-order valence-corrected chi connectivity index (χ2v) is 5.77. The van der Waals surface area contributed by atoms with Crippen molar-refractivity contribution >= 4 is 55.0 Å². The van der Waals surface area contributed by atoms with Crippen LogP contribution in [0.4, 0.5) is 5.82 Å². The van der Waals surface area contributed by atoms with Crippen LogP contribution >= 0.6 is 44.1 Å². The molecule has 1 aromatic rings. The van der Waals surface area contributed by atoms with Crippen molar-refractivity contribution in [1.29, 1.82) is 0 Å². The van der Waals surface area contributed by atoms with Crippen molar-refractivity contribution in [2.75, 3.05) is 18.5 Å². The third-order valence-corrected chi connectivity index (χ3v) is 3.63. The molecule has 1 saturated heterocycles. The van der Waals surface area contributed by atoms with Crippen molar-refractivity contribution in [1.82, 2.24) is 15.3 Å². The fourth-order valence-electron chi connectivity index (χ4n) is 1.59. The summed E-state index contributed by atoms with van der Waals surface area (Å²) in [5.74, 6) is 0.586. The molecular weight excluding hydrogens is 384 g/mol. The number of anilines is 1. The molecule has 1 fully saturated rings. The van der Waals surface area contributed by atoms with Crippen LogP contribution in [0.1, 0.15) is 12.8 Å². The molecule has 1 aliphatic heterocycles. The molecule has 0 aliphatic carbocycles. The number of hydrogen-bond donors (Lipinski definition) is 2. The van der Waals surface area contributed by atoms with Crippen LogP contribution in [-0.2, 0) is 4.74 Å². The van der Waals surface area contributed by atoms with Gasteiger partial charge in [0.1, 0.15) is 9.21 Å². The summed E-state index contributed by atoms with van der Waals surface area (Å²) in [4.78, 5) is 8.33. The Hall–Kier alpha value is -0.310. The van der Waals surface area contributed by atoms with Gasteiger partial charge in [0.2, 0.25) is 0 Å². The third-order valence-electron chi connectivity index (χ3n) is 2.45. The molecule has 0 aromatic carbocycles. The summed E-state index contributed by atoms with van der Waals surface area (Å²) in [5.41, 5.74) is 0. The molecular formula is C10H12Br2N4OS. The number of aromatic nitrogens is 2. The predicted molar refractivity (Wildman–Crippen MR) is 80.6 cm³/mol. The van der Waals surface area contributed by atoms with Gasteiger partial charge in [-0.15, -0.1) is 0 Å². The fourth-order valence-corrected chi connectivity index (χ4v) is 2.68. The minimum atomic E-state index is 0.254. The zero-order valence-electron chi connectivity index (χ0n) is 9.45. The fraction of sp³-hybridized carbons (Fsp3) is 0.500. The second-order valence-electron chi connectivity index (χ2n) is 3.80. The Kier molecular flexibility index (Phi) is 5.28. The highest BCUT2D eigenvalue weighted by atomic mass is 79.9. The van der Waals surface area contributed by atoms with Crippen molar-refractivity contribution in [2.45, 2.75) is 18.9 Å². The van der Waals surface area contributed by atoms with Crippen molar-refractivity contribution < 1.29 is 4.74 Å². The van der Waals surface area contributed by atoms with E-state index in [9.17, 15) is 0 Å². The first-order valence-electron chi connectivity index (χ1n) is 5.49. The maximum absolute atomic E-state index is 5.50. The normalized spacial score (nSPS) is 18.7. The van der Waals surface area contributed by atoms with E-state index in [1.807, 2.05) is 0 Å². The minimum Gasteiger partial charge on any atom is -0.376 e. The van der Waals surface area contributed by atoms with Crippen LogP contribution in [0, 0.1) is 0 Å². The molecule has 5 nitrogen and oxygen atoms in total. The van der Waals surface area contributed by atoms with Crippen LogP contribution in [0.2, 0.25) is 0 Å². The Bertz CT molecular complexity index is 440. The van der Waals surface area contributed by atoms with Crippen LogP contribution in [-0.4, -0.2) is 34.3 Å². The first-order chi connectivity index (χ1) is 8.65.